The van der Waals surface area contributed by atoms with E-state index in [2.05, 4.69) is 54.5 Å². The van der Waals surface area contributed by atoms with E-state index in [1.54, 1.807) is 0 Å². The van der Waals surface area contributed by atoms with Crippen molar-refractivity contribution < 1.29 is 37.6 Å². The second-order valence-corrected chi connectivity index (χ2v) is 16.4. The zero-order chi connectivity index (χ0) is 32.7. The van der Waals surface area contributed by atoms with E-state index in [1.165, 1.54) is 51.4 Å². The summed E-state index contributed by atoms with van der Waals surface area (Å²) in [5.74, 6) is 1.42. The lowest BCUT2D eigenvalue weighted by Gasteiger charge is -2.30. The van der Waals surface area contributed by atoms with Crippen molar-refractivity contribution in [2.45, 2.75) is 130 Å². The van der Waals surface area contributed by atoms with Crippen molar-refractivity contribution in [2.24, 2.45) is 0 Å². The predicted octanol–water partition coefficient (Wildman–Crippen LogP) is 8.16. The van der Waals surface area contributed by atoms with E-state index < -0.39 is 13.9 Å². The fourth-order valence-corrected chi connectivity index (χ4v) is 5.37. The number of hydrogen-bond acceptors (Lipinski definition) is 6. The molecule has 0 spiro atoms. The molecule has 9 heteroatoms. The van der Waals surface area contributed by atoms with Crippen LogP contribution in [0.15, 0.2) is 12.1 Å². The lowest BCUT2D eigenvalue weighted by Crippen LogP contribution is -2.37. The molecule has 43 heavy (non-hydrogen) atoms. The van der Waals surface area contributed by atoms with Gasteiger partial charge in [0.05, 0.1) is 34.4 Å². The third kappa shape index (κ3) is 17.8. The van der Waals surface area contributed by atoms with Crippen LogP contribution in [0.4, 0.5) is 0 Å². The summed E-state index contributed by atoms with van der Waals surface area (Å²) < 4.78 is 35.3. The second kappa shape index (κ2) is 18.7. The molecular weight excluding hydrogens is 565 g/mol. The number of likely N-dealkylation sites (N-methyl/N-ethyl adjacent to an activating group) is 1. The van der Waals surface area contributed by atoms with Gasteiger partial charge >= 0.3 is 7.82 Å². The summed E-state index contributed by atoms with van der Waals surface area (Å²) in [5, 5.41) is 10.5. The highest BCUT2D eigenvalue weighted by Gasteiger charge is 2.28. The number of rotatable bonds is 22. The molecule has 0 saturated carbocycles. The molecule has 0 radical (unpaired) electrons. The molecule has 2 unspecified atom stereocenters. The van der Waals surface area contributed by atoms with Gasteiger partial charge in [-0.3, -0.25) is 9.05 Å². The normalized spacial score (nSPS) is 14.9. The van der Waals surface area contributed by atoms with Crippen LogP contribution in [0.3, 0.4) is 0 Å². The Morgan fingerprint density at radius 2 is 1.21 bits per heavy atom. The number of quaternary nitrogens is 1. The molecule has 0 aliphatic carbocycles. The third-order valence-corrected chi connectivity index (χ3v) is 8.32. The summed E-state index contributed by atoms with van der Waals surface area (Å²) >= 11 is 0. The molecule has 252 valence electrons. The van der Waals surface area contributed by atoms with Crippen LogP contribution < -0.4 is 9.47 Å². The Morgan fingerprint density at radius 1 is 0.721 bits per heavy atom. The average Bonchev–Trinajstić information content (AvgIpc) is 2.87. The fraction of sp³-hybridized carbons (Fsp3) is 0.824. The summed E-state index contributed by atoms with van der Waals surface area (Å²) in [6.45, 7) is 15.9. The van der Waals surface area contributed by atoms with E-state index in [4.69, 9.17) is 18.5 Å². The standard InChI is InChI=1S/C34H64NO7P/c1-11-12-13-14-15-16-17-18-19-20-22-39-31-25-32(30(34(5,6)7)24-29(31)33(2,3)4)40-26-28(36)27-42-43(37,38)41-23-21-35(8,9)10/h24-25,28,36H,11-23,26-27H2,1-10H3/p+1. The predicted molar refractivity (Wildman–Crippen MR) is 177 cm³/mol. The first kappa shape index (κ1) is 39.9. The first-order chi connectivity index (χ1) is 19.9. The van der Waals surface area contributed by atoms with Crippen LogP contribution >= 0.6 is 7.82 Å². The Kier molecular flexibility index (Phi) is 17.4. The van der Waals surface area contributed by atoms with Gasteiger partial charge in [0, 0.05) is 17.2 Å². The summed E-state index contributed by atoms with van der Waals surface area (Å²) in [6.07, 6.45) is 11.6. The molecular formula is C34H65NO7P+. The molecule has 2 atom stereocenters. The quantitative estimate of drug-likeness (QED) is 0.0758. The van der Waals surface area contributed by atoms with Gasteiger partial charge in [0.1, 0.15) is 37.4 Å². The molecule has 0 aliphatic rings. The maximum Gasteiger partial charge on any atom is 0.472 e. The number of nitrogens with zero attached hydrogens (tertiary/aromatic N) is 1. The van der Waals surface area contributed by atoms with E-state index in [0.29, 0.717) is 23.4 Å². The van der Waals surface area contributed by atoms with Gasteiger partial charge in [0.2, 0.25) is 0 Å². The first-order valence-corrected chi connectivity index (χ1v) is 17.9. The highest BCUT2D eigenvalue weighted by atomic mass is 31.2. The minimum absolute atomic E-state index is 0.0703. The largest absolute Gasteiger partial charge is 0.493 e. The summed E-state index contributed by atoms with van der Waals surface area (Å²) in [6, 6.07) is 4.10. The SMILES string of the molecule is CCCCCCCCCCCCOc1cc(OCC(O)COP(=O)(O)OCC[N+](C)(C)C)c(C(C)(C)C)cc1C(C)(C)C. The van der Waals surface area contributed by atoms with Crippen molar-refractivity contribution in [3.63, 3.8) is 0 Å². The summed E-state index contributed by atoms with van der Waals surface area (Å²) in [4.78, 5) is 9.98. The highest BCUT2D eigenvalue weighted by molar-refractivity contribution is 7.47. The number of hydrogen-bond donors (Lipinski definition) is 2. The van der Waals surface area contributed by atoms with Crippen molar-refractivity contribution in [3.8, 4) is 11.5 Å². The number of phosphoric acid groups is 1. The van der Waals surface area contributed by atoms with Gasteiger partial charge in [0.15, 0.2) is 0 Å². The Balaban J connectivity index is 2.79. The third-order valence-electron chi connectivity index (χ3n) is 7.33. The van der Waals surface area contributed by atoms with Crippen molar-refractivity contribution >= 4 is 7.82 Å². The number of benzene rings is 1. The second-order valence-electron chi connectivity index (χ2n) is 15.0. The molecule has 0 amide bonds. The molecule has 0 fully saturated rings. The van der Waals surface area contributed by atoms with E-state index in [-0.39, 0.29) is 30.7 Å². The van der Waals surface area contributed by atoms with Gasteiger partial charge in [-0.25, -0.2) is 4.57 Å². The topological polar surface area (TPSA) is 94.5 Å². The molecule has 8 nitrogen and oxygen atoms in total. The minimum Gasteiger partial charge on any atom is -0.493 e. The Morgan fingerprint density at radius 3 is 1.70 bits per heavy atom. The minimum atomic E-state index is -4.27. The fourth-order valence-electron chi connectivity index (χ4n) is 4.63. The van der Waals surface area contributed by atoms with Crippen LogP contribution in [0, 0.1) is 0 Å². The maximum atomic E-state index is 12.2. The summed E-state index contributed by atoms with van der Waals surface area (Å²) in [5.41, 5.74) is 1.78. The molecule has 0 bridgehead atoms. The Bertz CT molecular complexity index is 963. The van der Waals surface area contributed by atoms with Crippen LogP contribution in [0.5, 0.6) is 11.5 Å². The van der Waals surface area contributed by atoms with E-state index >= 15 is 0 Å². The van der Waals surface area contributed by atoms with Gasteiger partial charge in [-0.1, -0.05) is 106 Å². The van der Waals surface area contributed by atoms with Crippen molar-refractivity contribution in [2.75, 3.05) is 54.1 Å². The van der Waals surface area contributed by atoms with Crippen LogP contribution in [-0.4, -0.2) is 74.7 Å². The smallest absolute Gasteiger partial charge is 0.472 e. The number of phosphoric ester groups is 1. The van der Waals surface area contributed by atoms with Crippen molar-refractivity contribution in [3.05, 3.63) is 23.3 Å². The molecule has 1 aromatic carbocycles. The molecule has 0 aliphatic heterocycles. The molecule has 1 rings (SSSR count). The van der Waals surface area contributed by atoms with Crippen LogP contribution in [-0.2, 0) is 24.4 Å². The Labute approximate surface area is 263 Å². The first-order valence-electron chi connectivity index (χ1n) is 16.4. The van der Waals surface area contributed by atoms with Gasteiger partial charge in [0.25, 0.3) is 0 Å². The molecule has 0 heterocycles. The van der Waals surface area contributed by atoms with E-state index in [9.17, 15) is 14.6 Å². The number of aliphatic hydroxyl groups excluding tert-OH is 1. The van der Waals surface area contributed by atoms with Gasteiger partial charge in [-0.2, -0.15) is 0 Å². The van der Waals surface area contributed by atoms with Crippen LogP contribution in [0.1, 0.15) is 124 Å². The van der Waals surface area contributed by atoms with E-state index in [0.717, 1.165) is 29.7 Å². The van der Waals surface area contributed by atoms with Crippen LogP contribution in [0.2, 0.25) is 0 Å². The Hall–Kier alpha value is -1.15. The lowest BCUT2D eigenvalue weighted by molar-refractivity contribution is -0.870. The maximum absolute atomic E-state index is 12.2. The number of unbranched alkanes of at least 4 members (excludes halogenated alkanes) is 9. The molecule has 1 aromatic rings. The van der Waals surface area contributed by atoms with Crippen molar-refractivity contribution in [1.29, 1.82) is 0 Å². The highest BCUT2D eigenvalue weighted by Crippen LogP contribution is 2.44. The molecule has 0 aromatic heterocycles. The molecule has 0 saturated heterocycles. The number of aliphatic hydroxyl groups is 1. The van der Waals surface area contributed by atoms with Crippen molar-refractivity contribution in [1.82, 2.24) is 0 Å². The van der Waals surface area contributed by atoms with Gasteiger partial charge in [-0.05, 0) is 23.3 Å². The zero-order valence-electron chi connectivity index (χ0n) is 29.2. The van der Waals surface area contributed by atoms with Gasteiger partial charge < -0.3 is 24.0 Å². The summed E-state index contributed by atoms with van der Waals surface area (Å²) in [7, 11) is 1.61. The van der Waals surface area contributed by atoms with Gasteiger partial charge in [-0.15, -0.1) is 0 Å². The van der Waals surface area contributed by atoms with Crippen LogP contribution in [0.25, 0.3) is 0 Å². The van der Waals surface area contributed by atoms with E-state index in [1.807, 2.05) is 27.2 Å². The number of ether oxygens (including phenoxy) is 2. The zero-order valence-corrected chi connectivity index (χ0v) is 30.1. The average molecular weight is 631 g/mol. The molecule has 2 N–H and O–H groups in total. The lowest BCUT2D eigenvalue weighted by atomic mass is 9.79. The monoisotopic (exact) mass is 630 g/mol.